The van der Waals surface area contributed by atoms with Gasteiger partial charge in [-0.3, -0.25) is 4.79 Å². The zero-order valence-corrected chi connectivity index (χ0v) is 10.2. The summed E-state index contributed by atoms with van der Waals surface area (Å²) in [5.74, 6) is -0.195. The van der Waals surface area contributed by atoms with Gasteiger partial charge in [0.05, 0.1) is 12.6 Å². The number of thiophene rings is 1. The van der Waals surface area contributed by atoms with Crippen molar-refractivity contribution in [2.24, 2.45) is 0 Å². The smallest absolute Gasteiger partial charge is 0.320 e. The summed E-state index contributed by atoms with van der Waals surface area (Å²) in [6.07, 6.45) is -0.0391. The Kier molecular flexibility index (Phi) is 4.78. The van der Waals surface area contributed by atoms with Crippen LogP contribution in [0.2, 0.25) is 0 Å². The first kappa shape index (κ1) is 12.2. The number of carbonyl (C=O) groups excluding carboxylic acids is 1. The van der Waals surface area contributed by atoms with Crippen LogP contribution in [0.25, 0.3) is 0 Å². The lowest BCUT2D eigenvalue weighted by Crippen LogP contribution is -2.26. The van der Waals surface area contributed by atoms with E-state index in [9.17, 15) is 4.79 Å². The first-order chi connectivity index (χ1) is 7.09. The molecule has 4 heteroatoms. The molecular formula is C11H17NO2S. The fraction of sp³-hybridized carbons (Fsp3) is 0.545. The number of esters is 1. The molecule has 0 bridgehead atoms. The molecule has 3 nitrogen and oxygen atoms in total. The van der Waals surface area contributed by atoms with Crippen molar-refractivity contribution in [3.05, 3.63) is 21.9 Å². The Hall–Kier alpha value is -0.870. The first-order valence-electron chi connectivity index (χ1n) is 5.02. The summed E-state index contributed by atoms with van der Waals surface area (Å²) in [6.45, 7) is 6.77. The highest BCUT2D eigenvalue weighted by Crippen LogP contribution is 2.14. The van der Waals surface area contributed by atoms with Gasteiger partial charge in [0, 0.05) is 11.4 Å². The zero-order chi connectivity index (χ0) is 11.3. The van der Waals surface area contributed by atoms with E-state index in [2.05, 4.69) is 23.7 Å². The van der Waals surface area contributed by atoms with Crippen molar-refractivity contribution < 1.29 is 9.53 Å². The predicted molar refractivity (Wildman–Crippen MR) is 62.0 cm³/mol. The van der Waals surface area contributed by atoms with Gasteiger partial charge in [0.15, 0.2) is 0 Å². The van der Waals surface area contributed by atoms with Crippen LogP contribution in [0.15, 0.2) is 11.4 Å². The first-order valence-corrected chi connectivity index (χ1v) is 5.90. The van der Waals surface area contributed by atoms with Gasteiger partial charge in [-0.1, -0.05) is 0 Å². The Balaban J connectivity index is 2.22. The average molecular weight is 227 g/mol. The number of aryl methyl sites for hydroxylation is 1. The van der Waals surface area contributed by atoms with E-state index in [1.54, 1.807) is 11.3 Å². The predicted octanol–water partition coefficient (Wildman–Crippen LogP) is 2.10. The lowest BCUT2D eigenvalue weighted by Gasteiger charge is -2.08. The maximum Gasteiger partial charge on any atom is 0.320 e. The highest BCUT2D eigenvalue weighted by atomic mass is 32.1. The van der Waals surface area contributed by atoms with E-state index < -0.39 is 0 Å². The Morgan fingerprint density at radius 3 is 2.87 bits per heavy atom. The van der Waals surface area contributed by atoms with Crippen molar-refractivity contribution in [3.63, 3.8) is 0 Å². The van der Waals surface area contributed by atoms with Crippen LogP contribution in [0.5, 0.6) is 0 Å². The van der Waals surface area contributed by atoms with Crippen LogP contribution in [-0.4, -0.2) is 18.6 Å². The van der Waals surface area contributed by atoms with Crippen LogP contribution in [0, 0.1) is 6.92 Å². The molecule has 0 unspecified atom stereocenters. The largest absolute Gasteiger partial charge is 0.462 e. The van der Waals surface area contributed by atoms with Gasteiger partial charge in [-0.05, 0) is 37.8 Å². The van der Waals surface area contributed by atoms with Gasteiger partial charge in [0.2, 0.25) is 0 Å². The number of carbonyl (C=O) groups is 1. The second-order valence-corrected chi connectivity index (χ2v) is 4.67. The summed E-state index contributed by atoms with van der Waals surface area (Å²) < 4.78 is 5.00. The molecule has 0 spiro atoms. The average Bonchev–Trinajstić information content (AvgIpc) is 2.50. The zero-order valence-electron chi connectivity index (χ0n) is 9.37. The van der Waals surface area contributed by atoms with Crippen LogP contribution < -0.4 is 5.32 Å². The fourth-order valence-corrected chi connectivity index (χ4v) is 2.04. The highest BCUT2D eigenvalue weighted by molar-refractivity contribution is 7.10. The summed E-state index contributed by atoms with van der Waals surface area (Å²) in [6, 6.07) is 2.08. The van der Waals surface area contributed by atoms with E-state index in [0.717, 1.165) is 6.54 Å². The molecule has 15 heavy (non-hydrogen) atoms. The minimum atomic E-state index is -0.195. The molecule has 0 amide bonds. The van der Waals surface area contributed by atoms with Crippen LogP contribution >= 0.6 is 11.3 Å². The number of nitrogens with one attached hydrogen (secondary N) is 1. The fourth-order valence-electron chi connectivity index (χ4n) is 1.17. The maximum absolute atomic E-state index is 11.2. The molecule has 0 radical (unpaired) electrons. The van der Waals surface area contributed by atoms with E-state index in [1.807, 2.05) is 13.8 Å². The maximum atomic E-state index is 11.2. The van der Waals surface area contributed by atoms with Gasteiger partial charge >= 0.3 is 5.97 Å². The van der Waals surface area contributed by atoms with Crippen LogP contribution in [0.3, 0.4) is 0 Å². The SMILES string of the molecule is Cc1ccsc1CNCC(=O)OC(C)C. The molecular weight excluding hydrogens is 210 g/mol. The molecule has 1 rings (SSSR count). The molecule has 0 aliphatic carbocycles. The van der Waals surface area contributed by atoms with Crippen LogP contribution in [-0.2, 0) is 16.1 Å². The minimum absolute atomic E-state index is 0.0391. The molecule has 1 aromatic rings. The molecule has 0 atom stereocenters. The second-order valence-electron chi connectivity index (χ2n) is 3.67. The van der Waals surface area contributed by atoms with Gasteiger partial charge in [0.25, 0.3) is 0 Å². The number of hydrogen-bond acceptors (Lipinski definition) is 4. The van der Waals surface area contributed by atoms with Crippen molar-refractivity contribution in [1.29, 1.82) is 0 Å². The van der Waals surface area contributed by atoms with Crippen molar-refractivity contribution in [2.75, 3.05) is 6.54 Å². The third kappa shape index (κ3) is 4.44. The van der Waals surface area contributed by atoms with Gasteiger partial charge < -0.3 is 10.1 Å². The van der Waals surface area contributed by atoms with E-state index in [1.165, 1.54) is 10.4 Å². The van der Waals surface area contributed by atoms with Crippen molar-refractivity contribution in [3.8, 4) is 0 Å². The standard InChI is InChI=1S/C11H17NO2S/c1-8(2)14-11(13)7-12-6-10-9(3)4-5-15-10/h4-5,8,12H,6-7H2,1-3H3. The normalized spacial score (nSPS) is 10.7. The highest BCUT2D eigenvalue weighted by Gasteiger charge is 2.05. The summed E-state index contributed by atoms with van der Waals surface area (Å²) in [4.78, 5) is 12.5. The molecule has 0 aromatic carbocycles. The van der Waals surface area contributed by atoms with Crippen LogP contribution in [0.1, 0.15) is 24.3 Å². The number of hydrogen-bond donors (Lipinski definition) is 1. The summed E-state index contributed by atoms with van der Waals surface area (Å²) in [5, 5.41) is 5.12. The minimum Gasteiger partial charge on any atom is -0.462 e. The quantitative estimate of drug-likeness (QED) is 0.783. The molecule has 0 fully saturated rings. The van der Waals surface area contributed by atoms with Gasteiger partial charge in [0.1, 0.15) is 0 Å². The van der Waals surface area contributed by atoms with E-state index in [-0.39, 0.29) is 18.6 Å². The summed E-state index contributed by atoms with van der Waals surface area (Å²) >= 11 is 1.70. The molecule has 0 aliphatic heterocycles. The van der Waals surface area contributed by atoms with Gasteiger partial charge in [-0.25, -0.2) is 0 Å². The van der Waals surface area contributed by atoms with Crippen molar-refractivity contribution >= 4 is 17.3 Å². The van der Waals surface area contributed by atoms with E-state index in [0.29, 0.717) is 0 Å². The van der Waals surface area contributed by atoms with E-state index in [4.69, 9.17) is 4.74 Å². The molecule has 84 valence electrons. The lowest BCUT2D eigenvalue weighted by atomic mass is 10.3. The topological polar surface area (TPSA) is 38.3 Å². The molecule has 0 aliphatic rings. The van der Waals surface area contributed by atoms with E-state index >= 15 is 0 Å². The Morgan fingerprint density at radius 1 is 1.60 bits per heavy atom. The summed E-state index contributed by atoms with van der Waals surface area (Å²) in [5.41, 5.74) is 1.27. The van der Waals surface area contributed by atoms with Crippen molar-refractivity contribution in [2.45, 2.75) is 33.4 Å². The molecule has 1 N–H and O–H groups in total. The third-order valence-corrected chi connectivity index (χ3v) is 2.91. The van der Waals surface area contributed by atoms with Crippen LogP contribution in [0.4, 0.5) is 0 Å². The monoisotopic (exact) mass is 227 g/mol. The number of ether oxygens (including phenoxy) is 1. The molecule has 1 aromatic heterocycles. The molecule has 0 saturated carbocycles. The van der Waals surface area contributed by atoms with Gasteiger partial charge in [-0.2, -0.15) is 0 Å². The summed E-state index contributed by atoms with van der Waals surface area (Å²) in [7, 11) is 0. The molecule has 0 saturated heterocycles. The Labute approximate surface area is 94.5 Å². The molecule has 1 heterocycles. The third-order valence-electron chi connectivity index (χ3n) is 1.89. The Bertz CT molecular complexity index is 320. The second kappa shape index (κ2) is 5.88. The van der Waals surface area contributed by atoms with Gasteiger partial charge in [-0.15, -0.1) is 11.3 Å². The number of rotatable bonds is 5. The Morgan fingerprint density at radius 2 is 2.33 bits per heavy atom. The van der Waals surface area contributed by atoms with Crippen molar-refractivity contribution in [1.82, 2.24) is 5.32 Å². The lowest BCUT2D eigenvalue weighted by molar-refractivity contribution is -0.146.